The normalized spacial score (nSPS) is 10.8. The van der Waals surface area contributed by atoms with Gasteiger partial charge in [0.05, 0.1) is 0 Å². The SMILES string of the molecule is Oc1ccc2ccccc2c1CNc1ccc(Cl)cc1I. The number of fused-ring (bicyclic) bond motifs is 1. The first-order chi connectivity index (χ1) is 10.1. The van der Waals surface area contributed by atoms with Crippen molar-refractivity contribution in [3.05, 3.63) is 68.8 Å². The van der Waals surface area contributed by atoms with E-state index in [0.29, 0.717) is 12.3 Å². The number of aromatic hydroxyl groups is 1. The van der Waals surface area contributed by atoms with Crippen molar-refractivity contribution in [3.63, 3.8) is 0 Å². The van der Waals surface area contributed by atoms with E-state index in [-0.39, 0.29) is 0 Å². The quantitative estimate of drug-likeness (QED) is 0.567. The number of benzene rings is 3. The molecule has 0 aliphatic heterocycles. The van der Waals surface area contributed by atoms with Gasteiger partial charge in [0.2, 0.25) is 0 Å². The highest BCUT2D eigenvalue weighted by Crippen LogP contribution is 2.29. The van der Waals surface area contributed by atoms with Gasteiger partial charge in [0.25, 0.3) is 0 Å². The maximum atomic E-state index is 10.1. The third kappa shape index (κ3) is 3.09. The summed E-state index contributed by atoms with van der Waals surface area (Å²) in [6.45, 7) is 0.560. The Hall–Kier alpha value is -1.46. The number of hydrogen-bond donors (Lipinski definition) is 2. The highest BCUT2D eigenvalue weighted by atomic mass is 127. The van der Waals surface area contributed by atoms with Crippen LogP contribution in [0.3, 0.4) is 0 Å². The van der Waals surface area contributed by atoms with Crippen LogP contribution >= 0.6 is 34.2 Å². The molecule has 0 radical (unpaired) electrons. The minimum atomic E-state index is 0.310. The van der Waals surface area contributed by atoms with Crippen molar-refractivity contribution in [1.82, 2.24) is 0 Å². The van der Waals surface area contributed by atoms with Crippen molar-refractivity contribution in [2.45, 2.75) is 6.54 Å². The summed E-state index contributed by atoms with van der Waals surface area (Å²) >= 11 is 8.21. The van der Waals surface area contributed by atoms with E-state index < -0.39 is 0 Å². The minimum absolute atomic E-state index is 0.310. The smallest absolute Gasteiger partial charge is 0.121 e. The highest BCUT2D eigenvalue weighted by molar-refractivity contribution is 14.1. The molecule has 0 saturated carbocycles. The zero-order chi connectivity index (χ0) is 14.8. The van der Waals surface area contributed by atoms with Crippen LogP contribution in [0.15, 0.2) is 54.6 Å². The van der Waals surface area contributed by atoms with E-state index in [1.54, 1.807) is 6.07 Å². The first-order valence-corrected chi connectivity index (χ1v) is 7.99. The molecule has 0 unspecified atom stereocenters. The van der Waals surface area contributed by atoms with Crippen LogP contribution in [-0.4, -0.2) is 5.11 Å². The second-order valence-electron chi connectivity index (χ2n) is 4.76. The van der Waals surface area contributed by atoms with Crippen molar-refractivity contribution in [2.24, 2.45) is 0 Å². The molecular formula is C17H13ClINO. The number of phenols is 1. The van der Waals surface area contributed by atoms with Crippen LogP contribution < -0.4 is 5.32 Å². The Morgan fingerprint density at radius 2 is 1.86 bits per heavy atom. The zero-order valence-electron chi connectivity index (χ0n) is 11.1. The minimum Gasteiger partial charge on any atom is -0.508 e. The largest absolute Gasteiger partial charge is 0.508 e. The van der Waals surface area contributed by atoms with Gasteiger partial charge in [0.15, 0.2) is 0 Å². The van der Waals surface area contributed by atoms with Crippen LogP contribution in [0.25, 0.3) is 10.8 Å². The molecule has 2 nitrogen and oxygen atoms in total. The van der Waals surface area contributed by atoms with E-state index >= 15 is 0 Å². The number of halogens is 2. The monoisotopic (exact) mass is 409 g/mol. The third-order valence-corrected chi connectivity index (χ3v) is 4.53. The summed E-state index contributed by atoms with van der Waals surface area (Å²) in [4.78, 5) is 0. The summed E-state index contributed by atoms with van der Waals surface area (Å²) in [6, 6.07) is 17.4. The summed E-state index contributed by atoms with van der Waals surface area (Å²) < 4.78 is 1.06. The molecule has 0 aliphatic rings. The number of nitrogens with one attached hydrogen (secondary N) is 1. The first-order valence-electron chi connectivity index (χ1n) is 6.53. The molecule has 106 valence electrons. The van der Waals surface area contributed by atoms with Gasteiger partial charge in [-0.05, 0) is 57.6 Å². The molecule has 0 amide bonds. The molecule has 2 N–H and O–H groups in total. The molecule has 21 heavy (non-hydrogen) atoms. The van der Waals surface area contributed by atoms with Crippen molar-refractivity contribution in [1.29, 1.82) is 0 Å². The lowest BCUT2D eigenvalue weighted by Gasteiger charge is -2.12. The summed E-state index contributed by atoms with van der Waals surface area (Å²) in [6.07, 6.45) is 0. The third-order valence-electron chi connectivity index (χ3n) is 3.40. The standard InChI is InChI=1S/C17H13ClINO/c18-12-6-7-16(15(19)9-12)20-10-14-13-4-2-1-3-11(13)5-8-17(14)21/h1-9,20-21H,10H2. The van der Waals surface area contributed by atoms with Gasteiger partial charge in [-0.15, -0.1) is 0 Å². The van der Waals surface area contributed by atoms with E-state index in [4.69, 9.17) is 11.6 Å². The van der Waals surface area contributed by atoms with E-state index in [0.717, 1.165) is 30.6 Å². The van der Waals surface area contributed by atoms with Gasteiger partial charge in [-0.3, -0.25) is 0 Å². The lowest BCUT2D eigenvalue weighted by molar-refractivity contribution is 0.470. The average Bonchev–Trinajstić information content (AvgIpc) is 2.48. The van der Waals surface area contributed by atoms with E-state index in [9.17, 15) is 5.11 Å². The zero-order valence-corrected chi connectivity index (χ0v) is 14.0. The predicted octanol–water partition coefficient (Wildman–Crippen LogP) is 5.42. The Morgan fingerprint density at radius 1 is 1.05 bits per heavy atom. The Labute approximate surface area is 141 Å². The summed E-state index contributed by atoms with van der Waals surface area (Å²) in [5.74, 6) is 0.310. The molecule has 0 aromatic heterocycles. The average molecular weight is 410 g/mol. The second kappa shape index (κ2) is 6.12. The second-order valence-corrected chi connectivity index (χ2v) is 6.36. The van der Waals surface area contributed by atoms with Crippen LogP contribution in [0.4, 0.5) is 5.69 Å². The van der Waals surface area contributed by atoms with Gasteiger partial charge < -0.3 is 10.4 Å². The highest BCUT2D eigenvalue weighted by Gasteiger charge is 2.07. The molecule has 0 fully saturated rings. The summed E-state index contributed by atoms with van der Waals surface area (Å²) in [7, 11) is 0. The van der Waals surface area contributed by atoms with E-state index in [1.807, 2.05) is 48.5 Å². The maximum absolute atomic E-state index is 10.1. The van der Waals surface area contributed by atoms with Crippen LogP contribution in [0.2, 0.25) is 5.02 Å². The van der Waals surface area contributed by atoms with Gasteiger partial charge in [0, 0.05) is 26.4 Å². The Balaban J connectivity index is 1.93. The fourth-order valence-corrected chi connectivity index (χ4v) is 3.39. The van der Waals surface area contributed by atoms with Crippen molar-refractivity contribution >= 4 is 50.7 Å². The van der Waals surface area contributed by atoms with Crippen LogP contribution in [0.1, 0.15) is 5.56 Å². The number of rotatable bonds is 3. The van der Waals surface area contributed by atoms with Crippen molar-refractivity contribution < 1.29 is 5.11 Å². The lowest BCUT2D eigenvalue weighted by Crippen LogP contribution is -2.02. The van der Waals surface area contributed by atoms with E-state index in [2.05, 4.69) is 27.9 Å². The Morgan fingerprint density at radius 3 is 2.67 bits per heavy atom. The molecule has 0 atom stereocenters. The van der Waals surface area contributed by atoms with Gasteiger partial charge in [0.1, 0.15) is 5.75 Å². The van der Waals surface area contributed by atoms with Crippen LogP contribution in [0, 0.1) is 3.57 Å². The Kier molecular flexibility index (Phi) is 4.22. The van der Waals surface area contributed by atoms with E-state index in [1.165, 1.54) is 0 Å². The molecule has 3 aromatic carbocycles. The Bertz CT molecular complexity index is 804. The van der Waals surface area contributed by atoms with Crippen LogP contribution in [0.5, 0.6) is 5.75 Å². The van der Waals surface area contributed by atoms with Gasteiger partial charge in [-0.1, -0.05) is 41.9 Å². The van der Waals surface area contributed by atoms with Crippen molar-refractivity contribution in [2.75, 3.05) is 5.32 Å². The molecular weight excluding hydrogens is 397 g/mol. The lowest BCUT2D eigenvalue weighted by atomic mass is 10.0. The first kappa shape index (κ1) is 14.5. The maximum Gasteiger partial charge on any atom is 0.121 e. The molecule has 4 heteroatoms. The predicted molar refractivity (Wildman–Crippen MR) is 97.1 cm³/mol. The van der Waals surface area contributed by atoms with Gasteiger partial charge >= 0.3 is 0 Å². The van der Waals surface area contributed by atoms with Crippen LogP contribution in [-0.2, 0) is 6.54 Å². The number of anilines is 1. The number of hydrogen-bond acceptors (Lipinski definition) is 2. The molecule has 3 aromatic rings. The van der Waals surface area contributed by atoms with Gasteiger partial charge in [-0.25, -0.2) is 0 Å². The molecule has 0 aliphatic carbocycles. The number of phenolic OH excluding ortho intramolecular Hbond substituents is 1. The molecule has 0 heterocycles. The topological polar surface area (TPSA) is 32.3 Å². The summed E-state index contributed by atoms with van der Waals surface area (Å²) in [5, 5.41) is 16.4. The van der Waals surface area contributed by atoms with Crippen molar-refractivity contribution in [3.8, 4) is 5.75 Å². The molecule has 3 rings (SSSR count). The fourth-order valence-electron chi connectivity index (χ4n) is 2.33. The fraction of sp³-hybridized carbons (Fsp3) is 0.0588. The molecule has 0 saturated heterocycles. The molecule has 0 spiro atoms. The van der Waals surface area contributed by atoms with Gasteiger partial charge in [-0.2, -0.15) is 0 Å². The molecule has 0 bridgehead atoms. The summed E-state index contributed by atoms with van der Waals surface area (Å²) in [5.41, 5.74) is 1.91.